The van der Waals surface area contributed by atoms with Crippen LogP contribution in [0.3, 0.4) is 0 Å². The van der Waals surface area contributed by atoms with E-state index < -0.39 is 0 Å². The van der Waals surface area contributed by atoms with Gasteiger partial charge in [-0.25, -0.2) is 0 Å². The third-order valence-corrected chi connectivity index (χ3v) is 7.57. The van der Waals surface area contributed by atoms with Crippen molar-refractivity contribution < 1.29 is 14.4 Å². The highest BCUT2D eigenvalue weighted by Gasteiger charge is 2.60. The number of carbonyl (C=O) groups excluding carboxylic acids is 3. The number of nitrogens with zero attached hydrogens (tertiary/aromatic N) is 1. The van der Waals surface area contributed by atoms with Gasteiger partial charge < -0.3 is 5.32 Å². The lowest BCUT2D eigenvalue weighted by Gasteiger charge is -2.19. The van der Waals surface area contributed by atoms with Crippen LogP contribution in [0.25, 0.3) is 0 Å². The van der Waals surface area contributed by atoms with Crippen LogP contribution in [0.15, 0.2) is 16.6 Å². The number of nitrogens with one attached hydrogen (secondary N) is 1. The SMILES string of the molecule is Cc1c(NC(=O)CCN2C(=O)[C@@H]3[C@H]4CC[C@@H](C4)[C@@H]3C2=O)ccc(Br)c1Cl. The highest BCUT2D eigenvalue weighted by Crippen LogP contribution is 2.56. The molecule has 3 fully saturated rings. The molecule has 4 atom stereocenters. The molecule has 138 valence electrons. The minimum Gasteiger partial charge on any atom is -0.326 e. The number of halogens is 2. The fraction of sp³-hybridized carbons (Fsp3) is 0.526. The van der Waals surface area contributed by atoms with Crippen molar-refractivity contribution in [3.05, 3.63) is 27.2 Å². The molecule has 1 aromatic rings. The van der Waals surface area contributed by atoms with Crippen molar-refractivity contribution in [2.75, 3.05) is 11.9 Å². The van der Waals surface area contributed by atoms with Gasteiger partial charge in [-0.2, -0.15) is 0 Å². The number of amides is 3. The Kier molecular flexibility index (Phi) is 4.59. The lowest BCUT2D eigenvalue weighted by Crippen LogP contribution is -2.35. The molecule has 0 aromatic heterocycles. The summed E-state index contributed by atoms with van der Waals surface area (Å²) >= 11 is 9.52. The second kappa shape index (κ2) is 6.64. The Morgan fingerprint density at radius 2 is 1.85 bits per heavy atom. The molecular formula is C19H20BrClN2O3. The van der Waals surface area contributed by atoms with Gasteiger partial charge in [0.1, 0.15) is 0 Å². The molecule has 0 unspecified atom stereocenters. The first-order valence-corrected chi connectivity index (χ1v) is 10.1. The molecule has 0 spiro atoms. The van der Waals surface area contributed by atoms with Crippen LogP contribution in [-0.4, -0.2) is 29.2 Å². The third kappa shape index (κ3) is 2.78. The summed E-state index contributed by atoms with van der Waals surface area (Å²) in [5.41, 5.74) is 1.41. The van der Waals surface area contributed by atoms with E-state index in [0.29, 0.717) is 22.5 Å². The molecule has 26 heavy (non-hydrogen) atoms. The maximum Gasteiger partial charge on any atom is 0.233 e. The van der Waals surface area contributed by atoms with Gasteiger partial charge in [-0.05, 0) is 71.6 Å². The number of rotatable bonds is 4. The van der Waals surface area contributed by atoms with E-state index in [4.69, 9.17) is 11.6 Å². The molecule has 1 heterocycles. The maximum atomic E-state index is 12.6. The minimum absolute atomic E-state index is 0.0668. The molecule has 5 nitrogen and oxygen atoms in total. The smallest absolute Gasteiger partial charge is 0.233 e. The average molecular weight is 440 g/mol. The van der Waals surface area contributed by atoms with E-state index in [-0.39, 0.29) is 42.5 Å². The van der Waals surface area contributed by atoms with E-state index in [1.54, 1.807) is 12.1 Å². The summed E-state index contributed by atoms with van der Waals surface area (Å²) in [6.07, 6.45) is 3.23. The van der Waals surface area contributed by atoms with Gasteiger partial charge in [0.15, 0.2) is 0 Å². The number of hydrogen-bond donors (Lipinski definition) is 1. The van der Waals surface area contributed by atoms with Crippen LogP contribution in [0, 0.1) is 30.6 Å². The molecule has 3 aliphatic rings. The normalized spacial score (nSPS) is 29.4. The quantitative estimate of drug-likeness (QED) is 0.726. The lowest BCUT2D eigenvalue weighted by atomic mass is 9.81. The Morgan fingerprint density at radius 1 is 1.23 bits per heavy atom. The molecule has 0 radical (unpaired) electrons. The van der Waals surface area contributed by atoms with Crippen LogP contribution < -0.4 is 5.32 Å². The number of benzene rings is 1. The number of anilines is 1. The third-order valence-electron chi connectivity index (χ3n) is 6.19. The van der Waals surface area contributed by atoms with Gasteiger partial charge in [-0.15, -0.1) is 0 Å². The van der Waals surface area contributed by atoms with Gasteiger partial charge >= 0.3 is 0 Å². The van der Waals surface area contributed by atoms with Gasteiger partial charge in [-0.3, -0.25) is 19.3 Å². The van der Waals surface area contributed by atoms with Crippen LogP contribution in [0.4, 0.5) is 5.69 Å². The Bertz CT molecular complexity index is 784. The van der Waals surface area contributed by atoms with E-state index in [2.05, 4.69) is 21.2 Å². The molecule has 3 amide bonds. The fourth-order valence-electron chi connectivity index (χ4n) is 4.90. The van der Waals surface area contributed by atoms with Gasteiger partial charge in [0.2, 0.25) is 17.7 Å². The van der Waals surface area contributed by atoms with Crippen molar-refractivity contribution in [3.63, 3.8) is 0 Å². The molecule has 2 bridgehead atoms. The monoisotopic (exact) mass is 438 g/mol. The van der Waals surface area contributed by atoms with E-state index in [0.717, 1.165) is 29.3 Å². The highest BCUT2D eigenvalue weighted by atomic mass is 79.9. The summed E-state index contributed by atoms with van der Waals surface area (Å²) in [5.74, 6) is 0.118. The Balaban J connectivity index is 1.39. The van der Waals surface area contributed by atoms with Crippen LogP contribution in [0.1, 0.15) is 31.2 Å². The topological polar surface area (TPSA) is 66.5 Å². The molecule has 1 aromatic carbocycles. The first-order valence-electron chi connectivity index (χ1n) is 8.98. The summed E-state index contributed by atoms with van der Waals surface area (Å²) in [6.45, 7) is 1.98. The van der Waals surface area contributed by atoms with Crippen LogP contribution >= 0.6 is 27.5 Å². The van der Waals surface area contributed by atoms with Crippen LogP contribution in [0.5, 0.6) is 0 Å². The summed E-state index contributed by atoms with van der Waals surface area (Å²) in [4.78, 5) is 38.9. The van der Waals surface area contributed by atoms with E-state index >= 15 is 0 Å². The Labute approximate surface area is 165 Å². The van der Waals surface area contributed by atoms with Gasteiger partial charge in [0.25, 0.3) is 0 Å². The average Bonchev–Trinajstić information content (AvgIpc) is 3.28. The zero-order valence-corrected chi connectivity index (χ0v) is 16.8. The predicted molar refractivity (Wildman–Crippen MR) is 102 cm³/mol. The largest absolute Gasteiger partial charge is 0.326 e. The molecule has 7 heteroatoms. The van der Waals surface area contributed by atoms with E-state index in [1.165, 1.54) is 4.90 Å². The molecule has 2 saturated carbocycles. The zero-order valence-electron chi connectivity index (χ0n) is 14.4. The number of fused-ring (bicyclic) bond motifs is 5. The summed E-state index contributed by atoms with van der Waals surface area (Å²) in [5, 5.41) is 3.37. The van der Waals surface area contributed by atoms with Crippen molar-refractivity contribution in [1.29, 1.82) is 0 Å². The van der Waals surface area contributed by atoms with Crippen molar-refractivity contribution >= 4 is 50.9 Å². The Morgan fingerprint density at radius 3 is 2.46 bits per heavy atom. The highest BCUT2D eigenvalue weighted by molar-refractivity contribution is 9.10. The van der Waals surface area contributed by atoms with Crippen molar-refractivity contribution in [3.8, 4) is 0 Å². The number of likely N-dealkylation sites (tertiary alicyclic amines) is 1. The molecule has 4 rings (SSSR count). The predicted octanol–water partition coefficient (Wildman–Crippen LogP) is 3.77. The van der Waals surface area contributed by atoms with Crippen molar-refractivity contribution in [2.24, 2.45) is 23.7 Å². The van der Waals surface area contributed by atoms with Gasteiger partial charge in [-0.1, -0.05) is 11.6 Å². The second-order valence-corrected chi connectivity index (χ2v) is 8.78. The molecule has 1 N–H and O–H groups in total. The van der Waals surface area contributed by atoms with E-state index in [9.17, 15) is 14.4 Å². The number of carbonyl (C=O) groups is 3. The standard InChI is InChI=1S/C19H20BrClN2O3/c1-9-13(5-4-12(20)17(9)21)22-14(24)6-7-23-18(25)15-10-2-3-11(8-10)16(15)19(23)26/h4-5,10-11,15-16H,2-3,6-8H2,1H3,(H,22,24)/t10-,11-,15-,16+/m0/s1. The molecule has 1 saturated heterocycles. The zero-order chi connectivity index (χ0) is 18.6. The summed E-state index contributed by atoms with van der Waals surface area (Å²) < 4.78 is 0.768. The van der Waals surface area contributed by atoms with Crippen molar-refractivity contribution in [2.45, 2.75) is 32.6 Å². The van der Waals surface area contributed by atoms with Gasteiger partial charge in [0.05, 0.1) is 16.9 Å². The van der Waals surface area contributed by atoms with Crippen molar-refractivity contribution in [1.82, 2.24) is 4.90 Å². The molecule has 2 aliphatic carbocycles. The maximum absolute atomic E-state index is 12.6. The number of hydrogen-bond acceptors (Lipinski definition) is 3. The lowest BCUT2D eigenvalue weighted by molar-refractivity contribution is -0.140. The first kappa shape index (κ1) is 18.0. The summed E-state index contributed by atoms with van der Waals surface area (Å²) in [6, 6.07) is 3.55. The molecular weight excluding hydrogens is 420 g/mol. The van der Waals surface area contributed by atoms with Crippen LogP contribution in [-0.2, 0) is 14.4 Å². The fourth-order valence-corrected chi connectivity index (χ4v) is 5.50. The minimum atomic E-state index is -0.230. The van der Waals surface area contributed by atoms with E-state index in [1.807, 2.05) is 6.92 Å². The number of imide groups is 1. The molecule has 1 aliphatic heterocycles. The second-order valence-electron chi connectivity index (χ2n) is 7.54. The van der Waals surface area contributed by atoms with Crippen LogP contribution in [0.2, 0.25) is 5.02 Å². The first-order chi connectivity index (χ1) is 12.4. The Hall–Kier alpha value is -1.40. The summed E-state index contributed by atoms with van der Waals surface area (Å²) in [7, 11) is 0. The van der Waals surface area contributed by atoms with Gasteiger partial charge in [0, 0.05) is 23.1 Å².